The van der Waals surface area contributed by atoms with E-state index in [1.807, 2.05) is 17.1 Å². The number of hydrogen-bond donors (Lipinski definition) is 1. The Morgan fingerprint density at radius 2 is 2.42 bits per heavy atom. The molecule has 1 N–H and O–H groups in total. The van der Waals surface area contributed by atoms with Crippen LogP contribution < -0.4 is 5.32 Å². The third-order valence-electron chi connectivity index (χ3n) is 2.86. The van der Waals surface area contributed by atoms with Crippen LogP contribution in [0.4, 0.5) is 5.69 Å². The first kappa shape index (κ1) is 14.4. The van der Waals surface area contributed by atoms with Crippen molar-refractivity contribution < 1.29 is 4.74 Å². The molecule has 0 aliphatic carbocycles. The van der Waals surface area contributed by atoms with Crippen LogP contribution in [0.5, 0.6) is 0 Å². The molecule has 1 aromatic heterocycles. The van der Waals surface area contributed by atoms with Gasteiger partial charge in [0.15, 0.2) is 5.17 Å². The first-order valence-corrected chi connectivity index (χ1v) is 7.65. The van der Waals surface area contributed by atoms with Gasteiger partial charge in [0.05, 0.1) is 31.1 Å². The number of thioether (sulfide) groups is 1. The number of nitrogens with zero attached hydrogens (tertiary/aromatic N) is 3. The largest absolute Gasteiger partial charge is 0.383 e. The summed E-state index contributed by atoms with van der Waals surface area (Å²) >= 11 is 1.79. The van der Waals surface area contributed by atoms with Crippen molar-refractivity contribution in [3.8, 4) is 0 Å². The van der Waals surface area contributed by atoms with Crippen LogP contribution in [0.3, 0.4) is 0 Å². The second-order valence-corrected chi connectivity index (χ2v) is 6.15. The van der Waals surface area contributed by atoms with Gasteiger partial charge in [0.1, 0.15) is 0 Å². The number of anilines is 1. The van der Waals surface area contributed by atoms with Crippen molar-refractivity contribution >= 4 is 22.6 Å². The summed E-state index contributed by atoms with van der Waals surface area (Å²) in [7, 11) is 1.70. The lowest BCUT2D eigenvalue weighted by Gasteiger charge is -2.07. The van der Waals surface area contributed by atoms with Crippen molar-refractivity contribution in [1.29, 1.82) is 0 Å². The van der Waals surface area contributed by atoms with Gasteiger partial charge in [0, 0.05) is 19.1 Å². The smallest absolute Gasteiger partial charge is 0.161 e. The zero-order chi connectivity index (χ0) is 13.7. The van der Waals surface area contributed by atoms with Crippen molar-refractivity contribution in [2.24, 2.45) is 10.9 Å². The van der Waals surface area contributed by atoms with Gasteiger partial charge in [-0.25, -0.2) is 0 Å². The molecule has 2 heterocycles. The van der Waals surface area contributed by atoms with E-state index in [0.29, 0.717) is 18.6 Å². The first-order valence-electron chi connectivity index (χ1n) is 6.66. The number of aromatic nitrogens is 2. The Bertz CT molecular complexity index is 430. The number of ether oxygens (including phenoxy) is 1. The molecule has 0 amide bonds. The summed E-state index contributed by atoms with van der Waals surface area (Å²) < 4.78 is 6.90. The van der Waals surface area contributed by atoms with Crippen LogP contribution in [0.1, 0.15) is 20.3 Å². The van der Waals surface area contributed by atoms with E-state index < -0.39 is 0 Å². The molecule has 6 heteroatoms. The van der Waals surface area contributed by atoms with Crippen molar-refractivity contribution in [2.75, 3.05) is 24.8 Å². The molecule has 1 atom stereocenters. The monoisotopic (exact) mass is 282 g/mol. The minimum Gasteiger partial charge on any atom is -0.383 e. The van der Waals surface area contributed by atoms with Crippen LogP contribution in [-0.4, -0.2) is 40.5 Å². The minimum absolute atomic E-state index is 0.455. The lowest BCUT2D eigenvalue weighted by Crippen LogP contribution is -2.08. The van der Waals surface area contributed by atoms with E-state index in [4.69, 9.17) is 9.73 Å². The molecule has 0 fully saturated rings. The zero-order valence-electron chi connectivity index (χ0n) is 11.8. The summed E-state index contributed by atoms with van der Waals surface area (Å²) in [6.07, 6.45) is 4.97. The number of hydrogen-bond acceptors (Lipinski definition) is 5. The number of rotatable bonds is 6. The quantitative estimate of drug-likeness (QED) is 0.871. The fourth-order valence-corrected chi connectivity index (χ4v) is 2.98. The highest BCUT2D eigenvalue weighted by atomic mass is 32.2. The normalized spacial score (nSPS) is 18.9. The topological polar surface area (TPSA) is 51.4 Å². The molecule has 5 nitrogen and oxygen atoms in total. The van der Waals surface area contributed by atoms with E-state index in [-0.39, 0.29) is 0 Å². The van der Waals surface area contributed by atoms with E-state index in [0.717, 1.165) is 29.6 Å². The van der Waals surface area contributed by atoms with Crippen LogP contribution in [-0.2, 0) is 11.3 Å². The van der Waals surface area contributed by atoms with Gasteiger partial charge in [-0.1, -0.05) is 25.6 Å². The van der Waals surface area contributed by atoms with Gasteiger partial charge in [-0.15, -0.1) is 0 Å². The number of amidine groups is 1. The molecule has 1 aromatic rings. The van der Waals surface area contributed by atoms with Crippen molar-refractivity contribution in [2.45, 2.75) is 32.9 Å². The van der Waals surface area contributed by atoms with Crippen LogP contribution in [0.25, 0.3) is 0 Å². The standard InChI is InChI=1S/C13H22N4OS/c1-10(2)6-11-9-19-13(15-11)16-12-7-14-17(8-12)4-5-18-3/h7-8,10-11H,4-6,9H2,1-3H3,(H,15,16). The summed E-state index contributed by atoms with van der Waals surface area (Å²) in [4.78, 5) is 4.70. The maximum absolute atomic E-state index is 5.03. The number of aliphatic imine (C=N–C) groups is 1. The van der Waals surface area contributed by atoms with E-state index in [2.05, 4.69) is 24.3 Å². The molecule has 19 heavy (non-hydrogen) atoms. The average Bonchev–Trinajstić information content (AvgIpc) is 2.96. The Morgan fingerprint density at radius 1 is 1.58 bits per heavy atom. The Kier molecular flexibility index (Phi) is 5.27. The third kappa shape index (κ3) is 4.54. The molecule has 0 aromatic carbocycles. The summed E-state index contributed by atoms with van der Waals surface area (Å²) in [6.45, 7) is 5.93. The summed E-state index contributed by atoms with van der Waals surface area (Å²) in [5.74, 6) is 1.78. The maximum atomic E-state index is 5.03. The van der Waals surface area contributed by atoms with Gasteiger partial charge in [-0.2, -0.15) is 5.10 Å². The van der Waals surface area contributed by atoms with E-state index in [1.165, 1.54) is 0 Å². The summed E-state index contributed by atoms with van der Waals surface area (Å²) in [5, 5.41) is 8.61. The second kappa shape index (κ2) is 6.96. The first-order chi connectivity index (χ1) is 9.17. The highest BCUT2D eigenvalue weighted by molar-refractivity contribution is 8.14. The van der Waals surface area contributed by atoms with E-state index >= 15 is 0 Å². The molecule has 2 rings (SSSR count). The van der Waals surface area contributed by atoms with Crippen LogP contribution >= 0.6 is 11.8 Å². The molecular formula is C13H22N4OS. The Morgan fingerprint density at radius 3 is 3.16 bits per heavy atom. The summed E-state index contributed by atoms with van der Waals surface area (Å²) in [5.41, 5.74) is 0.993. The molecular weight excluding hydrogens is 260 g/mol. The van der Waals surface area contributed by atoms with Gasteiger partial charge in [-0.05, 0) is 12.3 Å². The highest BCUT2D eigenvalue weighted by Crippen LogP contribution is 2.23. The fourth-order valence-electron chi connectivity index (χ4n) is 2.01. The highest BCUT2D eigenvalue weighted by Gasteiger charge is 2.19. The van der Waals surface area contributed by atoms with E-state index in [9.17, 15) is 0 Å². The van der Waals surface area contributed by atoms with Gasteiger partial charge in [0.2, 0.25) is 0 Å². The lowest BCUT2D eigenvalue weighted by atomic mass is 10.1. The third-order valence-corrected chi connectivity index (χ3v) is 3.90. The molecule has 1 aliphatic heterocycles. The van der Waals surface area contributed by atoms with Gasteiger partial charge >= 0.3 is 0 Å². The average molecular weight is 282 g/mol. The Labute approximate surface area is 118 Å². The SMILES string of the molecule is COCCn1cc(NC2=NC(CC(C)C)CS2)cn1. The number of nitrogens with one attached hydrogen (secondary N) is 1. The molecule has 0 saturated carbocycles. The number of methoxy groups -OCH3 is 1. The van der Waals surface area contributed by atoms with Gasteiger partial charge in [-0.3, -0.25) is 9.67 Å². The molecule has 1 aliphatic rings. The van der Waals surface area contributed by atoms with Crippen molar-refractivity contribution in [3.05, 3.63) is 12.4 Å². The molecule has 1 unspecified atom stereocenters. The Hall–Kier alpha value is -1.01. The molecule has 106 valence electrons. The summed E-state index contributed by atoms with van der Waals surface area (Å²) in [6, 6.07) is 0.455. The maximum Gasteiger partial charge on any atom is 0.161 e. The van der Waals surface area contributed by atoms with Gasteiger partial charge < -0.3 is 10.1 Å². The predicted molar refractivity (Wildman–Crippen MR) is 80.9 cm³/mol. The van der Waals surface area contributed by atoms with Crippen molar-refractivity contribution in [3.63, 3.8) is 0 Å². The lowest BCUT2D eigenvalue weighted by molar-refractivity contribution is 0.183. The molecule has 0 spiro atoms. The van der Waals surface area contributed by atoms with Gasteiger partial charge in [0.25, 0.3) is 0 Å². The molecule has 0 saturated heterocycles. The zero-order valence-corrected chi connectivity index (χ0v) is 12.6. The predicted octanol–water partition coefficient (Wildman–Crippen LogP) is 2.46. The van der Waals surface area contributed by atoms with Crippen molar-refractivity contribution in [1.82, 2.24) is 9.78 Å². The van der Waals surface area contributed by atoms with Crippen LogP contribution in [0, 0.1) is 5.92 Å². The van der Waals surface area contributed by atoms with Crippen LogP contribution in [0.15, 0.2) is 17.4 Å². The molecule has 0 bridgehead atoms. The minimum atomic E-state index is 0.455. The Balaban J connectivity index is 1.85. The fraction of sp³-hybridized carbons (Fsp3) is 0.692. The van der Waals surface area contributed by atoms with Crippen LogP contribution in [0.2, 0.25) is 0 Å². The van der Waals surface area contributed by atoms with E-state index in [1.54, 1.807) is 18.9 Å². The molecule has 0 radical (unpaired) electrons. The second-order valence-electron chi connectivity index (χ2n) is 5.14.